The summed E-state index contributed by atoms with van der Waals surface area (Å²) in [4.78, 5) is 13.0. The SMILES string of the molecule is O=C(NCC1COc2ccccc2O1)C1(c2cccc(F)c2)CCCC1. The number of rotatable bonds is 4. The van der Waals surface area contributed by atoms with Gasteiger partial charge in [0.1, 0.15) is 18.5 Å². The first kappa shape index (κ1) is 16.9. The third-order valence-corrected chi connectivity index (χ3v) is 5.33. The molecule has 136 valence electrons. The van der Waals surface area contributed by atoms with Gasteiger partial charge in [0.25, 0.3) is 0 Å². The van der Waals surface area contributed by atoms with Crippen LogP contribution in [0.5, 0.6) is 11.5 Å². The molecule has 4 nitrogen and oxygen atoms in total. The van der Waals surface area contributed by atoms with Crippen molar-refractivity contribution in [2.45, 2.75) is 37.2 Å². The minimum absolute atomic E-state index is 0.0527. The number of carbonyl (C=O) groups is 1. The molecule has 4 rings (SSSR count). The van der Waals surface area contributed by atoms with Gasteiger partial charge in [-0.15, -0.1) is 0 Å². The van der Waals surface area contributed by atoms with Crippen molar-refractivity contribution in [1.82, 2.24) is 5.32 Å². The fourth-order valence-electron chi connectivity index (χ4n) is 3.95. The van der Waals surface area contributed by atoms with Crippen LogP contribution in [0.25, 0.3) is 0 Å². The topological polar surface area (TPSA) is 47.6 Å². The Hall–Kier alpha value is -2.56. The second-order valence-electron chi connectivity index (χ2n) is 7.01. The van der Waals surface area contributed by atoms with E-state index in [1.807, 2.05) is 30.3 Å². The number of hydrogen-bond acceptors (Lipinski definition) is 3. The molecule has 1 heterocycles. The Kier molecular flexibility index (Phi) is 4.53. The Labute approximate surface area is 152 Å². The minimum atomic E-state index is -0.643. The molecule has 1 atom stereocenters. The summed E-state index contributed by atoms with van der Waals surface area (Å²) >= 11 is 0. The first-order valence-corrected chi connectivity index (χ1v) is 9.10. The summed E-state index contributed by atoms with van der Waals surface area (Å²) in [7, 11) is 0. The number of carbonyl (C=O) groups excluding carboxylic acids is 1. The fourth-order valence-corrected chi connectivity index (χ4v) is 3.95. The minimum Gasteiger partial charge on any atom is -0.486 e. The van der Waals surface area contributed by atoms with Gasteiger partial charge in [0.15, 0.2) is 11.5 Å². The third-order valence-electron chi connectivity index (χ3n) is 5.33. The average molecular weight is 355 g/mol. The maximum atomic E-state index is 13.7. The summed E-state index contributed by atoms with van der Waals surface area (Å²) in [5.74, 6) is 1.06. The molecule has 5 heteroatoms. The number of nitrogens with one attached hydrogen (secondary N) is 1. The molecule has 0 bridgehead atoms. The lowest BCUT2D eigenvalue weighted by molar-refractivity contribution is -0.127. The standard InChI is InChI=1S/C21H22FNO3/c22-16-7-5-6-15(12-16)21(10-3-4-11-21)20(24)23-13-17-14-25-18-8-1-2-9-19(18)26-17/h1-2,5-9,12,17H,3-4,10-11,13-14H2,(H,23,24). The molecule has 1 saturated carbocycles. The van der Waals surface area contributed by atoms with Gasteiger partial charge in [-0.3, -0.25) is 4.79 Å². The number of ether oxygens (including phenoxy) is 2. The van der Waals surface area contributed by atoms with E-state index in [0.29, 0.717) is 18.9 Å². The highest BCUT2D eigenvalue weighted by Crippen LogP contribution is 2.41. The van der Waals surface area contributed by atoms with Crippen LogP contribution in [0.4, 0.5) is 4.39 Å². The Bertz CT molecular complexity index is 801. The first-order chi connectivity index (χ1) is 12.7. The number of para-hydroxylation sites is 2. The van der Waals surface area contributed by atoms with Crippen LogP contribution in [0.15, 0.2) is 48.5 Å². The molecular weight excluding hydrogens is 333 g/mol. The molecule has 1 aliphatic heterocycles. The van der Waals surface area contributed by atoms with Crippen molar-refractivity contribution in [2.24, 2.45) is 0 Å². The quantitative estimate of drug-likeness (QED) is 0.912. The van der Waals surface area contributed by atoms with Crippen molar-refractivity contribution in [3.05, 3.63) is 59.9 Å². The Balaban J connectivity index is 1.45. The number of amides is 1. The van der Waals surface area contributed by atoms with E-state index in [1.54, 1.807) is 6.07 Å². The summed E-state index contributed by atoms with van der Waals surface area (Å²) in [6.45, 7) is 0.758. The number of hydrogen-bond donors (Lipinski definition) is 1. The maximum absolute atomic E-state index is 13.7. The van der Waals surface area contributed by atoms with Crippen molar-refractivity contribution < 1.29 is 18.7 Å². The summed E-state index contributed by atoms with van der Waals surface area (Å²) in [5, 5.41) is 3.02. The zero-order valence-electron chi connectivity index (χ0n) is 14.5. The second kappa shape index (κ2) is 6.98. The van der Waals surface area contributed by atoms with Crippen molar-refractivity contribution in [1.29, 1.82) is 0 Å². The Morgan fingerprint density at radius 3 is 2.65 bits per heavy atom. The van der Waals surface area contributed by atoms with Crippen LogP contribution in [0.3, 0.4) is 0 Å². The molecular formula is C21H22FNO3. The average Bonchev–Trinajstić information content (AvgIpc) is 3.17. The van der Waals surface area contributed by atoms with E-state index in [9.17, 15) is 9.18 Å². The monoisotopic (exact) mass is 355 g/mol. The fraction of sp³-hybridized carbons (Fsp3) is 0.381. The van der Waals surface area contributed by atoms with E-state index in [1.165, 1.54) is 12.1 Å². The lowest BCUT2D eigenvalue weighted by atomic mass is 9.78. The van der Waals surface area contributed by atoms with E-state index in [2.05, 4.69) is 5.32 Å². The lowest BCUT2D eigenvalue weighted by Crippen LogP contribution is -2.47. The smallest absolute Gasteiger partial charge is 0.230 e. The van der Waals surface area contributed by atoms with Gasteiger partial charge in [0, 0.05) is 0 Å². The normalized spacial score (nSPS) is 20.6. The molecule has 1 amide bonds. The largest absolute Gasteiger partial charge is 0.486 e. The molecule has 1 aliphatic carbocycles. The summed E-state index contributed by atoms with van der Waals surface area (Å²) in [6, 6.07) is 13.9. The van der Waals surface area contributed by atoms with Crippen LogP contribution >= 0.6 is 0 Å². The van der Waals surface area contributed by atoms with Crippen molar-refractivity contribution >= 4 is 5.91 Å². The molecule has 0 aromatic heterocycles. The number of benzene rings is 2. The molecule has 2 aromatic carbocycles. The zero-order chi connectivity index (χ0) is 18.0. The van der Waals surface area contributed by atoms with Crippen molar-refractivity contribution in [3.63, 3.8) is 0 Å². The van der Waals surface area contributed by atoms with Gasteiger partial charge in [-0.05, 0) is 42.7 Å². The Morgan fingerprint density at radius 2 is 1.88 bits per heavy atom. The number of halogens is 1. The maximum Gasteiger partial charge on any atom is 0.230 e. The van der Waals surface area contributed by atoms with Crippen molar-refractivity contribution in [3.8, 4) is 11.5 Å². The summed E-state index contributed by atoms with van der Waals surface area (Å²) in [6.07, 6.45) is 3.20. The van der Waals surface area contributed by atoms with Crippen LogP contribution in [-0.2, 0) is 10.2 Å². The predicted octanol–water partition coefficient (Wildman–Crippen LogP) is 3.59. The van der Waals surface area contributed by atoms with Crippen molar-refractivity contribution in [2.75, 3.05) is 13.2 Å². The van der Waals surface area contributed by atoms with Gasteiger partial charge in [0.05, 0.1) is 12.0 Å². The first-order valence-electron chi connectivity index (χ1n) is 9.10. The highest BCUT2D eigenvalue weighted by atomic mass is 19.1. The van der Waals surface area contributed by atoms with Gasteiger partial charge in [-0.2, -0.15) is 0 Å². The molecule has 26 heavy (non-hydrogen) atoms. The second-order valence-corrected chi connectivity index (χ2v) is 7.01. The van der Waals surface area contributed by atoms with Gasteiger partial charge < -0.3 is 14.8 Å². The predicted molar refractivity (Wildman–Crippen MR) is 95.9 cm³/mol. The summed E-state index contributed by atoms with van der Waals surface area (Å²) in [5.41, 5.74) is 0.119. The highest BCUT2D eigenvalue weighted by molar-refractivity contribution is 5.88. The van der Waals surface area contributed by atoms with Crippen LogP contribution < -0.4 is 14.8 Å². The van der Waals surface area contributed by atoms with E-state index < -0.39 is 5.41 Å². The van der Waals surface area contributed by atoms with Crippen LogP contribution in [0.1, 0.15) is 31.2 Å². The van der Waals surface area contributed by atoms with Crippen LogP contribution in [0, 0.1) is 5.82 Å². The van der Waals surface area contributed by atoms with E-state index in [4.69, 9.17) is 9.47 Å². The van der Waals surface area contributed by atoms with E-state index in [0.717, 1.165) is 37.0 Å². The molecule has 1 N–H and O–H groups in total. The molecule has 0 saturated heterocycles. The lowest BCUT2D eigenvalue weighted by Gasteiger charge is -2.31. The number of fused-ring (bicyclic) bond motifs is 1. The molecule has 1 fully saturated rings. The molecule has 0 radical (unpaired) electrons. The molecule has 1 unspecified atom stereocenters. The Morgan fingerprint density at radius 1 is 1.12 bits per heavy atom. The zero-order valence-corrected chi connectivity index (χ0v) is 14.5. The van der Waals surface area contributed by atoms with Gasteiger partial charge in [-0.25, -0.2) is 4.39 Å². The summed E-state index contributed by atoms with van der Waals surface area (Å²) < 4.78 is 25.3. The van der Waals surface area contributed by atoms with E-state index in [-0.39, 0.29) is 17.8 Å². The molecule has 2 aromatic rings. The van der Waals surface area contributed by atoms with Gasteiger partial charge >= 0.3 is 0 Å². The molecule has 0 spiro atoms. The van der Waals surface area contributed by atoms with E-state index >= 15 is 0 Å². The third kappa shape index (κ3) is 3.14. The van der Waals surface area contributed by atoms with Gasteiger partial charge in [-0.1, -0.05) is 37.1 Å². The highest BCUT2D eigenvalue weighted by Gasteiger charge is 2.43. The van der Waals surface area contributed by atoms with Crippen LogP contribution in [-0.4, -0.2) is 25.2 Å². The van der Waals surface area contributed by atoms with Crippen LogP contribution in [0.2, 0.25) is 0 Å². The molecule has 2 aliphatic rings. The van der Waals surface area contributed by atoms with Gasteiger partial charge in [0.2, 0.25) is 5.91 Å².